The van der Waals surface area contributed by atoms with Crippen LogP contribution in [0, 0.1) is 0 Å². The third kappa shape index (κ3) is 4.26. The summed E-state index contributed by atoms with van der Waals surface area (Å²) < 4.78 is 4.78. The van der Waals surface area contributed by atoms with E-state index in [-0.39, 0.29) is 0 Å². The molecule has 3 nitrogen and oxygen atoms in total. The Morgan fingerprint density at radius 3 is 1.80 bits per heavy atom. The molecule has 0 bridgehead atoms. The SMILES string of the molecule is c1ccc([Si](c2ccccc2)(c2ccccc2)c2ccc3c4ccccc4n(-c4ccc5c(c4)nc4n5-c5ccccc5CS4)c3c2)cc1. The van der Waals surface area contributed by atoms with Gasteiger partial charge in [0.25, 0.3) is 0 Å². The summed E-state index contributed by atoms with van der Waals surface area (Å²) in [5.41, 5.74) is 8.27. The van der Waals surface area contributed by atoms with E-state index in [1.807, 2.05) is 11.8 Å². The van der Waals surface area contributed by atoms with Gasteiger partial charge in [0, 0.05) is 22.2 Å². The molecule has 0 spiro atoms. The van der Waals surface area contributed by atoms with Gasteiger partial charge < -0.3 is 4.57 Å². The molecule has 0 amide bonds. The Kier molecular flexibility index (Phi) is 6.51. The van der Waals surface area contributed by atoms with E-state index < -0.39 is 8.07 Å². The third-order valence-corrected chi connectivity index (χ3v) is 15.9. The normalized spacial score (nSPS) is 12.7. The van der Waals surface area contributed by atoms with Crippen LogP contribution in [-0.2, 0) is 5.75 Å². The molecule has 0 saturated heterocycles. The average Bonchev–Trinajstić information content (AvgIpc) is 3.72. The van der Waals surface area contributed by atoms with Crippen molar-refractivity contribution in [3.63, 3.8) is 0 Å². The molecule has 0 unspecified atom stereocenters. The first kappa shape index (κ1) is 28.4. The van der Waals surface area contributed by atoms with Crippen LogP contribution in [-0.4, -0.2) is 22.2 Å². The van der Waals surface area contributed by atoms with E-state index >= 15 is 0 Å². The minimum atomic E-state index is -2.71. The molecule has 0 saturated carbocycles. The Balaban J connectivity index is 1.26. The molecule has 2 aromatic heterocycles. The Labute approximate surface area is 290 Å². The lowest BCUT2D eigenvalue weighted by Crippen LogP contribution is -2.74. The van der Waals surface area contributed by atoms with E-state index in [2.05, 4.69) is 185 Å². The van der Waals surface area contributed by atoms with E-state index in [0.29, 0.717) is 0 Å². The second-order valence-electron chi connectivity index (χ2n) is 12.8. The first-order chi connectivity index (χ1) is 24.3. The molecule has 9 aromatic rings. The summed E-state index contributed by atoms with van der Waals surface area (Å²) in [4.78, 5) is 5.18. The molecule has 3 heterocycles. The minimum absolute atomic E-state index is 0.942. The van der Waals surface area contributed by atoms with Gasteiger partial charge in [0.2, 0.25) is 0 Å². The lowest BCUT2D eigenvalue weighted by atomic mass is 10.1. The zero-order chi connectivity index (χ0) is 32.4. The molecule has 1 aliphatic rings. The smallest absolute Gasteiger partial charge is 0.179 e. The van der Waals surface area contributed by atoms with E-state index in [9.17, 15) is 0 Å². The minimum Gasteiger partial charge on any atom is -0.309 e. The maximum Gasteiger partial charge on any atom is 0.179 e. The molecule has 49 heavy (non-hydrogen) atoms. The third-order valence-electron chi connectivity index (χ3n) is 10.2. The van der Waals surface area contributed by atoms with Gasteiger partial charge in [-0.2, -0.15) is 0 Å². The highest BCUT2D eigenvalue weighted by atomic mass is 32.2. The van der Waals surface area contributed by atoms with E-state index in [1.54, 1.807) is 0 Å². The molecular weight excluding hydrogens is 631 g/mol. The summed E-state index contributed by atoms with van der Waals surface area (Å²) >= 11 is 1.81. The Morgan fingerprint density at radius 2 is 1.08 bits per heavy atom. The fraction of sp³-hybridized carbons (Fsp3) is 0.0227. The van der Waals surface area contributed by atoms with Crippen molar-refractivity contribution in [1.82, 2.24) is 14.1 Å². The van der Waals surface area contributed by atoms with Gasteiger partial charge in [-0.15, -0.1) is 0 Å². The lowest BCUT2D eigenvalue weighted by molar-refractivity contribution is 0.894. The topological polar surface area (TPSA) is 22.8 Å². The van der Waals surface area contributed by atoms with Gasteiger partial charge in [0.1, 0.15) is 0 Å². The van der Waals surface area contributed by atoms with Crippen LogP contribution < -0.4 is 20.7 Å². The van der Waals surface area contributed by atoms with Crippen molar-refractivity contribution in [1.29, 1.82) is 0 Å². The lowest BCUT2D eigenvalue weighted by Gasteiger charge is -2.34. The Hall–Kier alpha value is -5.62. The molecule has 5 heteroatoms. The second-order valence-corrected chi connectivity index (χ2v) is 17.5. The maximum absolute atomic E-state index is 5.18. The van der Waals surface area contributed by atoms with Gasteiger partial charge in [-0.25, -0.2) is 4.98 Å². The molecule has 0 radical (unpaired) electrons. The first-order valence-electron chi connectivity index (χ1n) is 16.7. The van der Waals surface area contributed by atoms with Crippen LogP contribution in [0.15, 0.2) is 181 Å². The number of hydrogen-bond donors (Lipinski definition) is 0. The fourth-order valence-corrected chi connectivity index (χ4v) is 13.8. The number of aromatic nitrogens is 3. The van der Waals surface area contributed by atoms with Crippen molar-refractivity contribution in [2.24, 2.45) is 0 Å². The Bertz CT molecular complexity index is 2560. The standard InChI is InChI=1S/C44H31N3SSi/c1-4-15-33(16-5-1)49(34-17-6-2-7-18-34,35-19-8-3-9-20-35)36-25-26-38-37-21-11-13-23-41(37)46(43(38)29-36)32-24-27-42-39(28-32)45-44-47(42)40-22-12-10-14-31(40)30-48-44/h1-29H,30H2. The van der Waals surface area contributed by atoms with E-state index in [1.165, 1.54) is 53.8 Å². The zero-order valence-electron chi connectivity index (χ0n) is 26.7. The highest BCUT2D eigenvalue weighted by Gasteiger charge is 2.41. The number of benzene rings is 7. The predicted octanol–water partition coefficient (Wildman–Crippen LogP) is 8.11. The Morgan fingerprint density at radius 1 is 0.469 bits per heavy atom. The average molecular weight is 662 g/mol. The van der Waals surface area contributed by atoms with Crippen molar-refractivity contribution in [3.05, 3.63) is 181 Å². The van der Waals surface area contributed by atoms with Crippen molar-refractivity contribution in [2.45, 2.75) is 10.9 Å². The van der Waals surface area contributed by atoms with Gasteiger partial charge in [0.15, 0.2) is 13.2 Å². The summed E-state index contributed by atoms with van der Waals surface area (Å²) in [5.74, 6) is 0.942. The van der Waals surface area contributed by atoms with E-state index in [0.717, 1.165) is 27.6 Å². The molecule has 0 aliphatic carbocycles. The van der Waals surface area contributed by atoms with E-state index in [4.69, 9.17) is 4.98 Å². The van der Waals surface area contributed by atoms with Gasteiger partial charge >= 0.3 is 0 Å². The van der Waals surface area contributed by atoms with Crippen LogP contribution in [0.1, 0.15) is 5.56 Å². The number of imidazole rings is 1. The van der Waals surface area contributed by atoms with Crippen LogP contribution >= 0.6 is 11.8 Å². The van der Waals surface area contributed by atoms with Gasteiger partial charge in [-0.1, -0.05) is 151 Å². The number of thioether (sulfide) groups is 1. The van der Waals surface area contributed by atoms with Crippen molar-refractivity contribution in [3.8, 4) is 11.4 Å². The van der Waals surface area contributed by atoms with Crippen LogP contribution in [0.25, 0.3) is 44.2 Å². The predicted molar refractivity (Wildman–Crippen MR) is 209 cm³/mol. The summed E-state index contributed by atoms with van der Waals surface area (Å²) in [7, 11) is -2.71. The molecule has 7 aromatic carbocycles. The van der Waals surface area contributed by atoms with Crippen molar-refractivity contribution >= 4 is 73.4 Å². The van der Waals surface area contributed by atoms with Crippen molar-refractivity contribution < 1.29 is 0 Å². The fourth-order valence-electron chi connectivity index (χ4n) is 8.06. The summed E-state index contributed by atoms with van der Waals surface area (Å²) in [5, 5.41) is 9.04. The monoisotopic (exact) mass is 661 g/mol. The van der Waals surface area contributed by atoms with Crippen LogP contribution in [0.2, 0.25) is 0 Å². The van der Waals surface area contributed by atoms with Crippen LogP contribution in [0.4, 0.5) is 0 Å². The highest BCUT2D eigenvalue weighted by molar-refractivity contribution is 7.98. The number of fused-ring (bicyclic) bond motifs is 8. The summed E-state index contributed by atoms with van der Waals surface area (Å²) in [6, 6.07) is 65.0. The van der Waals surface area contributed by atoms with Crippen LogP contribution in [0.3, 0.4) is 0 Å². The van der Waals surface area contributed by atoms with Gasteiger partial charge in [-0.3, -0.25) is 4.57 Å². The highest BCUT2D eigenvalue weighted by Crippen LogP contribution is 2.38. The number of hydrogen-bond acceptors (Lipinski definition) is 2. The van der Waals surface area contributed by atoms with Gasteiger partial charge in [0.05, 0.1) is 27.8 Å². The molecular formula is C44H31N3SSi. The summed E-state index contributed by atoms with van der Waals surface area (Å²) in [6.07, 6.45) is 0. The van der Waals surface area contributed by atoms with Crippen LogP contribution in [0.5, 0.6) is 0 Å². The van der Waals surface area contributed by atoms with Gasteiger partial charge in [-0.05, 0) is 62.7 Å². The zero-order valence-corrected chi connectivity index (χ0v) is 28.5. The molecule has 0 atom stereocenters. The first-order valence-corrected chi connectivity index (χ1v) is 19.7. The molecule has 1 aliphatic heterocycles. The number of nitrogens with zero attached hydrogens (tertiary/aromatic N) is 3. The molecule has 10 rings (SSSR count). The number of para-hydroxylation sites is 2. The molecule has 0 N–H and O–H groups in total. The van der Waals surface area contributed by atoms with Crippen molar-refractivity contribution in [2.75, 3.05) is 0 Å². The molecule has 232 valence electrons. The summed E-state index contributed by atoms with van der Waals surface area (Å²) in [6.45, 7) is 0. The maximum atomic E-state index is 5.18. The number of rotatable bonds is 5. The quantitative estimate of drug-likeness (QED) is 0.137. The largest absolute Gasteiger partial charge is 0.309 e. The second kappa shape index (κ2) is 11.2. The molecule has 0 fully saturated rings.